The summed E-state index contributed by atoms with van der Waals surface area (Å²) in [5.41, 5.74) is 6.19. The van der Waals surface area contributed by atoms with Gasteiger partial charge in [-0.05, 0) is 31.6 Å². The van der Waals surface area contributed by atoms with Crippen LogP contribution in [0.3, 0.4) is 0 Å². The molecule has 2 rings (SSSR count). The minimum Gasteiger partial charge on any atom is -0.342 e. The van der Waals surface area contributed by atoms with E-state index in [1.807, 2.05) is 0 Å². The Labute approximate surface area is 111 Å². The number of hydrogen-bond acceptors (Lipinski definition) is 2. The van der Waals surface area contributed by atoms with Crippen LogP contribution in [0, 0.1) is 11.8 Å². The van der Waals surface area contributed by atoms with Gasteiger partial charge in [-0.2, -0.15) is 0 Å². The first kappa shape index (κ1) is 13.9. The molecule has 1 saturated carbocycles. The fourth-order valence-electron chi connectivity index (χ4n) is 3.55. The predicted octanol–water partition coefficient (Wildman–Crippen LogP) is 2.54. The zero-order chi connectivity index (χ0) is 13.0. The molecule has 18 heavy (non-hydrogen) atoms. The van der Waals surface area contributed by atoms with E-state index in [4.69, 9.17) is 5.73 Å². The van der Waals surface area contributed by atoms with Gasteiger partial charge in [0.1, 0.15) is 0 Å². The fourth-order valence-corrected chi connectivity index (χ4v) is 3.55. The molecule has 0 radical (unpaired) electrons. The van der Waals surface area contributed by atoms with Crippen LogP contribution in [0.1, 0.15) is 58.3 Å². The molecular weight excluding hydrogens is 224 g/mol. The molecule has 1 amide bonds. The van der Waals surface area contributed by atoms with Crippen LogP contribution in [0.15, 0.2) is 0 Å². The number of hydrogen-bond donors (Lipinski definition) is 1. The molecule has 104 valence electrons. The molecular formula is C15H28N2O. The third-order valence-electron chi connectivity index (χ3n) is 4.68. The minimum absolute atomic E-state index is 0.102. The Balaban J connectivity index is 1.90. The Morgan fingerprint density at radius 2 is 2.00 bits per heavy atom. The van der Waals surface area contributed by atoms with Gasteiger partial charge in [0.25, 0.3) is 0 Å². The Morgan fingerprint density at radius 1 is 1.22 bits per heavy atom. The molecule has 1 heterocycles. The maximum absolute atomic E-state index is 12.6. The van der Waals surface area contributed by atoms with Crippen LogP contribution in [0.25, 0.3) is 0 Å². The second-order valence-corrected chi connectivity index (χ2v) is 6.14. The lowest BCUT2D eigenvalue weighted by atomic mass is 9.94. The molecule has 0 spiro atoms. The first-order valence-electron chi connectivity index (χ1n) is 7.76. The molecule has 2 aliphatic rings. The first-order chi connectivity index (χ1) is 8.72. The largest absolute Gasteiger partial charge is 0.342 e. The van der Waals surface area contributed by atoms with Crippen LogP contribution in [-0.4, -0.2) is 29.9 Å². The molecule has 3 atom stereocenters. The van der Waals surface area contributed by atoms with Gasteiger partial charge in [0.2, 0.25) is 5.91 Å². The van der Waals surface area contributed by atoms with Gasteiger partial charge in [-0.3, -0.25) is 4.79 Å². The van der Waals surface area contributed by atoms with Crippen LogP contribution < -0.4 is 5.73 Å². The molecule has 1 saturated heterocycles. The third-order valence-corrected chi connectivity index (χ3v) is 4.68. The summed E-state index contributed by atoms with van der Waals surface area (Å²) >= 11 is 0. The lowest BCUT2D eigenvalue weighted by Crippen LogP contribution is -2.43. The van der Waals surface area contributed by atoms with E-state index in [9.17, 15) is 4.79 Å². The normalized spacial score (nSPS) is 33.4. The average Bonchev–Trinajstić information content (AvgIpc) is 2.71. The monoisotopic (exact) mass is 252 g/mol. The molecule has 2 N–H and O–H groups in total. The fraction of sp³-hybridized carbons (Fsp3) is 0.933. The van der Waals surface area contributed by atoms with Gasteiger partial charge in [-0.15, -0.1) is 0 Å². The van der Waals surface area contributed by atoms with Crippen molar-refractivity contribution in [2.75, 3.05) is 13.1 Å². The summed E-state index contributed by atoms with van der Waals surface area (Å²) in [6, 6.07) is 0.102. The zero-order valence-corrected chi connectivity index (χ0v) is 11.7. The van der Waals surface area contributed by atoms with Crippen LogP contribution in [0.2, 0.25) is 0 Å². The van der Waals surface area contributed by atoms with Gasteiger partial charge in [-0.1, -0.05) is 32.6 Å². The van der Waals surface area contributed by atoms with E-state index < -0.39 is 0 Å². The van der Waals surface area contributed by atoms with Crippen LogP contribution >= 0.6 is 0 Å². The number of carbonyl (C=O) groups is 1. The molecule has 0 bridgehead atoms. The highest BCUT2D eigenvalue weighted by molar-refractivity contribution is 5.79. The summed E-state index contributed by atoms with van der Waals surface area (Å²) in [7, 11) is 0. The lowest BCUT2D eigenvalue weighted by Gasteiger charge is -2.26. The molecule has 2 fully saturated rings. The van der Waals surface area contributed by atoms with Crippen molar-refractivity contribution in [2.24, 2.45) is 17.6 Å². The first-order valence-corrected chi connectivity index (χ1v) is 7.76. The SMILES string of the molecule is CCCC1CCN(C(=O)C2CCCCCC2N)C1. The van der Waals surface area contributed by atoms with Crippen molar-refractivity contribution in [3.8, 4) is 0 Å². The summed E-state index contributed by atoms with van der Waals surface area (Å²) in [5.74, 6) is 1.19. The second-order valence-electron chi connectivity index (χ2n) is 6.14. The maximum atomic E-state index is 12.6. The van der Waals surface area contributed by atoms with Crippen molar-refractivity contribution in [1.82, 2.24) is 4.90 Å². The summed E-state index contributed by atoms with van der Waals surface area (Å²) in [6.45, 7) is 4.17. The standard InChI is InChI=1S/C15H28N2O/c1-2-6-12-9-10-17(11-12)15(18)13-7-4-3-5-8-14(13)16/h12-14H,2-11,16H2,1H3. The minimum atomic E-state index is 0.102. The quantitative estimate of drug-likeness (QED) is 0.785. The molecule has 0 aromatic heterocycles. The van der Waals surface area contributed by atoms with Gasteiger partial charge in [0.15, 0.2) is 0 Å². The van der Waals surface area contributed by atoms with E-state index in [1.165, 1.54) is 38.5 Å². The van der Waals surface area contributed by atoms with Crippen molar-refractivity contribution in [1.29, 1.82) is 0 Å². The van der Waals surface area contributed by atoms with Gasteiger partial charge in [-0.25, -0.2) is 0 Å². The maximum Gasteiger partial charge on any atom is 0.227 e. The topological polar surface area (TPSA) is 46.3 Å². The smallest absolute Gasteiger partial charge is 0.227 e. The molecule has 3 heteroatoms. The van der Waals surface area contributed by atoms with Crippen LogP contribution in [0.5, 0.6) is 0 Å². The number of carbonyl (C=O) groups excluding carboxylic acids is 1. The zero-order valence-electron chi connectivity index (χ0n) is 11.7. The number of nitrogens with two attached hydrogens (primary N) is 1. The Bertz CT molecular complexity index is 280. The highest BCUT2D eigenvalue weighted by Crippen LogP contribution is 2.27. The predicted molar refractivity (Wildman–Crippen MR) is 74.1 cm³/mol. The Morgan fingerprint density at radius 3 is 2.78 bits per heavy atom. The van der Waals surface area contributed by atoms with Gasteiger partial charge < -0.3 is 10.6 Å². The van der Waals surface area contributed by atoms with Crippen LogP contribution in [-0.2, 0) is 4.79 Å². The molecule has 0 aromatic carbocycles. The third kappa shape index (κ3) is 3.25. The van der Waals surface area contributed by atoms with Crippen LogP contribution in [0.4, 0.5) is 0 Å². The summed E-state index contributed by atoms with van der Waals surface area (Å²) in [6.07, 6.45) is 9.35. The molecule has 3 nitrogen and oxygen atoms in total. The van der Waals surface area contributed by atoms with Gasteiger partial charge in [0.05, 0.1) is 5.92 Å². The number of nitrogens with zero attached hydrogens (tertiary/aromatic N) is 1. The van der Waals surface area contributed by atoms with E-state index in [0.717, 1.165) is 31.8 Å². The van der Waals surface area contributed by atoms with E-state index in [2.05, 4.69) is 11.8 Å². The summed E-state index contributed by atoms with van der Waals surface area (Å²) in [4.78, 5) is 14.7. The van der Waals surface area contributed by atoms with E-state index >= 15 is 0 Å². The summed E-state index contributed by atoms with van der Waals surface area (Å²) < 4.78 is 0. The lowest BCUT2D eigenvalue weighted by molar-refractivity contribution is -0.135. The highest BCUT2D eigenvalue weighted by Gasteiger charge is 2.33. The molecule has 1 aliphatic heterocycles. The van der Waals surface area contributed by atoms with Gasteiger partial charge >= 0.3 is 0 Å². The van der Waals surface area contributed by atoms with Crippen molar-refractivity contribution >= 4 is 5.91 Å². The van der Waals surface area contributed by atoms with Gasteiger partial charge in [0, 0.05) is 19.1 Å². The Hall–Kier alpha value is -0.570. The average molecular weight is 252 g/mol. The second kappa shape index (κ2) is 6.55. The highest BCUT2D eigenvalue weighted by atomic mass is 16.2. The summed E-state index contributed by atoms with van der Waals surface area (Å²) in [5, 5.41) is 0. The van der Waals surface area contributed by atoms with Crippen molar-refractivity contribution < 1.29 is 4.79 Å². The number of likely N-dealkylation sites (tertiary alicyclic amines) is 1. The van der Waals surface area contributed by atoms with Crippen molar-refractivity contribution in [3.63, 3.8) is 0 Å². The van der Waals surface area contributed by atoms with Crippen molar-refractivity contribution in [2.45, 2.75) is 64.3 Å². The van der Waals surface area contributed by atoms with Crippen molar-refractivity contribution in [3.05, 3.63) is 0 Å². The Kier molecular flexibility index (Phi) is 5.04. The van der Waals surface area contributed by atoms with E-state index in [1.54, 1.807) is 0 Å². The molecule has 0 aromatic rings. The number of amides is 1. The number of rotatable bonds is 3. The molecule has 3 unspecified atom stereocenters. The molecule has 1 aliphatic carbocycles. The van der Waals surface area contributed by atoms with E-state index in [0.29, 0.717) is 5.91 Å². The van der Waals surface area contributed by atoms with E-state index in [-0.39, 0.29) is 12.0 Å².